The van der Waals surface area contributed by atoms with Crippen LogP contribution >= 0.6 is 15.9 Å². The topological polar surface area (TPSA) is 88.3 Å². The summed E-state index contributed by atoms with van der Waals surface area (Å²) in [5, 5.41) is 9.38. The van der Waals surface area contributed by atoms with E-state index in [2.05, 4.69) is 25.9 Å². The lowest BCUT2D eigenvalue weighted by atomic mass is 10.0. The van der Waals surface area contributed by atoms with Gasteiger partial charge in [-0.3, -0.25) is 4.79 Å². The highest BCUT2D eigenvalue weighted by Gasteiger charge is 2.18. The molecule has 0 fully saturated rings. The second-order valence-electron chi connectivity index (χ2n) is 5.79. The highest BCUT2D eigenvalue weighted by molar-refractivity contribution is 9.10. The summed E-state index contributed by atoms with van der Waals surface area (Å²) >= 11 is 3.27. The van der Waals surface area contributed by atoms with Crippen molar-refractivity contribution in [2.45, 2.75) is 6.92 Å². The molecule has 0 saturated heterocycles. The molecule has 0 saturated carbocycles. The minimum absolute atomic E-state index is 0.0837. The number of hydrogen-bond donors (Lipinski definition) is 1. The number of fused-ring (bicyclic) bond motifs is 1. The van der Waals surface area contributed by atoms with Gasteiger partial charge in [-0.15, -0.1) is 0 Å². The van der Waals surface area contributed by atoms with Crippen molar-refractivity contribution in [3.05, 3.63) is 46.3 Å². The Morgan fingerprint density at radius 2 is 2.00 bits per heavy atom. The first kappa shape index (κ1) is 17.1. The van der Waals surface area contributed by atoms with Crippen LogP contribution in [0.3, 0.4) is 0 Å². The molecule has 0 bridgehead atoms. The van der Waals surface area contributed by atoms with E-state index in [1.54, 1.807) is 26.2 Å². The zero-order valence-corrected chi connectivity index (χ0v) is 15.4. The average Bonchev–Trinajstić information content (AvgIpc) is 2.92. The van der Waals surface area contributed by atoms with Gasteiger partial charge >= 0.3 is 6.09 Å². The van der Waals surface area contributed by atoms with Gasteiger partial charge in [0.15, 0.2) is 5.65 Å². The minimum atomic E-state index is -1.14. The van der Waals surface area contributed by atoms with Gasteiger partial charge in [0, 0.05) is 31.4 Å². The molecule has 0 aliphatic carbocycles. The highest BCUT2D eigenvalue weighted by atomic mass is 79.9. The Hall–Kier alpha value is -2.74. The summed E-state index contributed by atoms with van der Waals surface area (Å²) < 4.78 is 1.55. The zero-order chi connectivity index (χ0) is 18.3. The van der Waals surface area contributed by atoms with Crippen LogP contribution in [-0.4, -0.2) is 50.6 Å². The molecule has 8 heteroatoms. The molecule has 25 heavy (non-hydrogen) atoms. The Morgan fingerprint density at radius 3 is 2.60 bits per heavy atom. The van der Waals surface area contributed by atoms with Crippen molar-refractivity contribution in [3.63, 3.8) is 0 Å². The molecule has 1 N–H and O–H groups in total. The lowest BCUT2D eigenvalue weighted by Crippen LogP contribution is -2.22. The third-order valence-corrected chi connectivity index (χ3v) is 4.23. The van der Waals surface area contributed by atoms with E-state index in [0.29, 0.717) is 21.2 Å². The number of halogens is 1. The van der Waals surface area contributed by atoms with Crippen LogP contribution in [-0.2, 0) is 0 Å². The van der Waals surface area contributed by atoms with E-state index >= 15 is 0 Å². The van der Waals surface area contributed by atoms with E-state index in [1.165, 1.54) is 17.3 Å². The van der Waals surface area contributed by atoms with Crippen molar-refractivity contribution < 1.29 is 14.7 Å². The molecule has 0 aliphatic rings. The van der Waals surface area contributed by atoms with Crippen LogP contribution in [0.1, 0.15) is 15.9 Å². The fraction of sp³-hybridized carbons (Fsp3) is 0.176. The monoisotopic (exact) mass is 402 g/mol. The van der Waals surface area contributed by atoms with Crippen LogP contribution in [0.2, 0.25) is 0 Å². The molecule has 0 aliphatic heterocycles. The Kier molecular flexibility index (Phi) is 4.30. The van der Waals surface area contributed by atoms with Crippen LogP contribution in [0.15, 0.2) is 35.2 Å². The van der Waals surface area contributed by atoms with Gasteiger partial charge in [-0.1, -0.05) is 12.1 Å². The van der Waals surface area contributed by atoms with Gasteiger partial charge in [-0.25, -0.2) is 19.3 Å². The fourth-order valence-corrected chi connectivity index (χ4v) is 2.92. The SMILES string of the molecule is Cc1cc(-c2cn(C(=O)O)c3ncc(Br)nc23)ccc1C(=O)N(C)C. The first-order valence-corrected chi connectivity index (χ1v) is 8.18. The molecule has 7 nitrogen and oxygen atoms in total. The Labute approximate surface area is 152 Å². The number of carboxylic acid groups (broad SMARTS) is 1. The van der Waals surface area contributed by atoms with Crippen LogP contribution in [0, 0.1) is 6.92 Å². The van der Waals surface area contributed by atoms with Crippen molar-refractivity contribution in [1.82, 2.24) is 19.4 Å². The average molecular weight is 403 g/mol. The fourth-order valence-electron chi connectivity index (χ4n) is 2.64. The Bertz CT molecular complexity index is 1010. The lowest BCUT2D eigenvalue weighted by molar-refractivity contribution is 0.0827. The summed E-state index contributed by atoms with van der Waals surface area (Å²) in [6.07, 6.45) is 1.81. The highest BCUT2D eigenvalue weighted by Crippen LogP contribution is 2.30. The number of aromatic nitrogens is 3. The Balaban J connectivity index is 2.20. The molecule has 2 aromatic heterocycles. The van der Waals surface area contributed by atoms with Crippen LogP contribution in [0.5, 0.6) is 0 Å². The van der Waals surface area contributed by atoms with Gasteiger partial charge in [0.2, 0.25) is 0 Å². The van der Waals surface area contributed by atoms with E-state index in [-0.39, 0.29) is 11.6 Å². The van der Waals surface area contributed by atoms with Gasteiger partial charge in [0.05, 0.1) is 6.20 Å². The van der Waals surface area contributed by atoms with E-state index in [0.717, 1.165) is 15.7 Å². The molecule has 3 rings (SSSR count). The summed E-state index contributed by atoms with van der Waals surface area (Å²) in [6.45, 7) is 1.85. The van der Waals surface area contributed by atoms with E-state index in [9.17, 15) is 14.7 Å². The number of amides is 1. The maximum Gasteiger partial charge on any atom is 0.417 e. The van der Waals surface area contributed by atoms with Gasteiger partial charge in [-0.2, -0.15) is 0 Å². The smallest absolute Gasteiger partial charge is 0.417 e. The predicted molar refractivity (Wildman–Crippen MR) is 96.8 cm³/mol. The van der Waals surface area contributed by atoms with Crippen molar-refractivity contribution in [2.75, 3.05) is 14.1 Å². The van der Waals surface area contributed by atoms with Crippen molar-refractivity contribution in [2.24, 2.45) is 0 Å². The maximum atomic E-state index is 12.2. The molecule has 3 aromatic rings. The number of carbonyl (C=O) groups is 2. The number of benzene rings is 1. The lowest BCUT2D eigenvalue weighted by Gasteiger charge is -2.13. The second kappa shape index (κ2) is 6.29. The maximum absolute atomic E-state index is 12.2. The zero-order valence-electron chi connectivity index (χ0n) is 13.8. The normalized spacial score (nSPS) is 10.9. The van der Waals surface area contributed by atoms with Crippen molar-refractivity contribution in [1.29, 1.82) is 0 Å². The largest absolute Gasteiger partial charge is 0.464 e. The molecular formula is C17H15BrN4O3. The molecule has 0 atom stereocenters. The van der Waals surface area contributed by atoms with Gasteiger partial charge in [0.25, 0.3) is 5.91 Å². The summed E-state index contributed by atoms with van der Waals surface area (Å²) in [5.74, 6) is -0.0837. The van der Waals surface area contributed by atoms with E-state index in [4.69, 9.17) is 0 Å². The first-order chi connectivity index (χ1) is 11.8. The summed E-state index contributed by atoms with van der Waals surface area (Å²) in [4.78, 5) is 33.7. The third-order valence-electron chi connectivity index (χ3n) is 3.85. The number of rotatable bonds is 2. The van der Waals surface area contributed by atoms with E-state index in [1.807, 2.05) is 13.0 Å². The molecule has 0 unspecified atom stereocenters. The van der Waals surface area contributed by atoms with Crippen LogP contribution in [0.4, 0.5) is 4.79 Å². The molecule has 1 aromatic carbocycles. The van der Waals surface area contributed by atoms with E-state index < -0.39 is 6.09 Å². The number of aryl methyl sites for hydroxylation is 1. The van der Waals surface area contributed by atoms with Crippen molar-refractivity contribution >= 4 is 39.1 Å². The molecule has 0 spiro atoms. The Morgan fingerprint density at radius 1 is 1.28 bits per heavy atom. The molecule has 1 amide bonds. The first-order valence-electron chi connectivity index (χ1n) is 7.39. The summed E-state index contributed by atoms with van der Waals surface area (Å²) in [6, 6.07) is 5.37. The van der Waals surface area contributed by atoms with Gasteiger partial charge in [0.1, 0.15) is 10.1 Å². The second-order valence-corrected chi connectivity index (χ2v) is 6.60. The number of carbonyl (C=O) groups excluding carboxylic acids is 1. The standard InChI is InChI=1S/C17H15BrN4O3/c1-9-6-10(4-5-11(9)16(23)21(2)3)12-8-22(17(24)25)15-14(12)20-13(18)7-19-15/h4-8H,1-3H3,(H,24,25). The molecule has 0 radical (unpaired) electrons. The number of nitrogens with zero attached hydrogens (tertiary/aromatic N) is 4. The summed E-state index contributed by atoms with van der Waals surface area (Å²) in [7, 11) is 3.40. The van der Waals surface area contributed by atoms with Gasteiger partial charge < -0.3 is 10.0 Å². The predicted octanol–water partition coefficient (Wildman–Crippen LogP) is 3.40. The van der Waals surface area contributed by atoms with Crippen LogP contribution < -0.4 is 0 Å². The molecule has 128 valence electrons. The van der Waals surface area contributed by atoms with Gasteiger partial charge in [-0.05, 0) is 40.0 Å². The minimum Gasteiger partial charge on any atom is -0.464 e. The number of hydrogen-bond acceptors (Lipinski definition) is 4. The van der Waals surface area contributed by atoms with Crippen LogP contribution in [0.25, 0.3) is 22.3 Å². The third kappa shape index (κ3) is 3.00. The quantitative estimate of drug-likeness (QED) is 0.709. The summed E-state index contributed by atoms with van der Waals surface area (Å²) in [5.41, 5.74) is 3.54. The molecule has 2 heterocycles. The molecular weight excluding hydrogens is 388 g/mol. The van der Waals surface area contributed by atoms with Crippen molar-refractivity contribution in [3.8, 4) is 11.1 Å².